The quantitative estimate of drug-likeness (QED) is 0.209. The Labute approximate surface area is 256 Å². The van der Waals surface area contributed by atoms with Crippen molar-refractivity contribution in [3.63, 3.8) is 0 Å². The van der Waals surface area contributed by atoms with Crippen LogP contribution in [0.25, 0.3) is 0 Å². The van der Waals surface area contributed by atoms with Crippen molar-refractivity contribution in [2.45, 2.75) is 124 Å². The standard InChI is InChI=1S/C35H57O6P/c1-22-15-24(30(3,4)5)28(25(16-22)31(6,7)8)35(41-42(39)40,34(19-36,20-37)21-38)29-26(32(9,10)11)17-23(2)18-27(29)33(12,13)14/h15-18,36-40H,19-21H2,1-14H3. The van der Waals surface area contributed by atoms with Crippen molar-refractivity contribution >= 4 is 8.60 Å². The molecule has 0 aromatic heterocycles. The molecule has 6 nitrogen and oxygen atoms in total. The first-order valence-corrected chi connectivity index (χ1v) is 16.0. The molecule has 0 aliphatic rings. The molecule has 0 aliphatic heterocycles. The number of hydrogen-bond acceptors (Lipinski definition) is 6. The Bertz CT molecular complexity index is 1090. The number of hydrogen-bond donors (Lipinski definition) is 5. The molecule has 0 radical (unpaired) electrons. The van der Waals surface area contributed by atoms with E-state index in [9.17, 15) is 25.1 Å². The van der Waals surface area contributed by atoms with Crippen LogP contribution in [-0.2, 0) is 31.8 Å². The molecule has 2 aromatic rings. The van der Waals surface area contributed by atoms with Crippen molar-refractivity contribution in [3.8, 4) is 0 Å². The fourth-order valence-electron chi connectivity index (χ4n) is 6.15. The van der Waals surface area contributed by atoms with E-state index in [2.05, 4.69) is 107 Å². The molecule has 0 spiro atoms. The lowest BCUT2D eigenvalue weighted by Gasteiger charge is -2.54. The number of aliphatic hydroxyl groups is 3. The van der Waals surface area contributed by atoms with Crippen molar-refractivity contribution < 1.29 is 29.6 Å². The molecule has 0 atom stereocenters. The summed E-state index contributed by atoms with van der Waals surface area (Å²) in [4.78, 5) is 21.8. The maximum absolute atomic E-state index is 11.3. The van der Waals surface area contributed by atoms with Gasteiger partial charge in [0, 0.05) is 0 Å². The van der Waals surface area contributed by atoms with Gasteiger partial charge in [-0.1, -0.05) is 118 Å². The lowest BCUT2D eigenvalue weighted by molar-refractivity contribution is -0.127. The Morgan fingerprint density at radius 1 is 0.524 bits per heavy atom. The van der Waals surface area contributed by atoms with Crippen LogP contribution in [0.2, 0.25) is 0 Å². The summed E-state index contributed by atoms with van der Waals surface area (Å²) in [6.07, 6.45) is 0. The van der Waals surface area contributed by atoms with Crippen LogP contribution >= 0.6 is 8.60 Å². The summed E-state index contributed by atoms with van der Waals surface area (Å²) < 4.78 is 6.57. The molecular formula is C35H57O6P. The lowest BCUT2D eigenvalue weighted by Crippen LogP contribution is -2.58. The van der Waals surface area contributed by atoms with Gasteiger partial charge >= 0.3 is 8.60 Å². The minimum atomic E-state index is -3.06. The van der Waals surface area contributed by atoms with E-state index in [1.54, 1.807) is 0 Å². The summed E-state index contributed by atoms with van der Waals surface area (Å²) in [5.41, 5.74) is 1.33. The Morgan fingerprint density at radius 2 is 0.762 bits per heavy atom. The van der Waals surface area contributed by atoms with Crippen molar-refractivity contribution in [2.24, 2.45) is 5.41 Å². The Kier molecular flexibility index (Phi) is 10.7. The van der Waals surface area contributed by atoms with Crippen LogP contribution in [-0.4, -0.2) is 44.9 Å². The highest BCUT2D eigenvalue weighted by Gasteiger charge is 2.61. The third-order valence-corrected chi connectivity index (χ3v) is 8.81. The van der Waals surface area contributed by atoms with Crippen molar-refractivity contribution in [1.82, 2.24) is 0 Å². The van der Waals surface area contributed by atoms with E-state index >= 15 is 0 Å². The number of aliphatic hydroxyl groups excluding tert-OH is 3. The van der Waals surface area contributed by atoms with E-state index in [0.717, 1.165) is 33.4 Å². The molecule has 2 rings (SSSR count). The van der Waals surface area contributed by atoms with Gasteiger partial charge in [-0.3, -0.25) is 4.52 Å². The van der Waals surface area contributed by atoms with Gasteiger partial charge in [0.2, 0.25) is 0 Å². The molecule has 238 valence electrons. The highest BCUT2D eigenvalue weighted by atomic mass is 31.2. The summed E-state index contributed by atoms with van der Waals surface area (Å²) in [7, 11) is -3.06. The van der Waals surface area contributed by atoms with Gasteiger partial charge in [0.05, 0.1) is 25.2 Å². The van der Waals surface area contributed by atoms with Crippen LogP contribution in [0.15, 0.2) is 24.3 Å². The molecule has 5 N–H and O–H groups in total. The van der Waals surface area contributed by atoms with Crippen molar-refractivity contribution in [3.05, 3.63) is 68.8 Å². The predicted octanol–water partition coefficient (Wildman–Crippen LogP) is 6.93. The Balaban J connectivity index is 3.73. The van der Waals surface area contributed by atoms with Gasteiger partial charge in [-0.2, -0.15) is 0 Å². The average Bonchev–Trinajstić information content (AvgIpc) is 2.81. The van der Waals surface area contributed by atoms with Gasteiger partial charge in [0.25, 0.3) is 0 Å². The maximum atomic E-state index is 11.3. The molecule has 0 bridgehead atoms. The molecule has 0 unspecified atom stereocenters. The largest absolute Gasteiger partial charge is 0.395 e. The fourth-order valence-corrected chi connectivity index (χ4v) is 6.77. The molecule has 0 heterocycles. The van der Waals surface area contributed by atoms with E-state index < -0.39 is 61.1 Å². The van der Waals surface area contributed by atoms with Gasteiger partial charge in [0.15, 0.2) is 0 Å². The number of aryl methyl sites for hydroxylation is 2. The molecule has 0 fully saturated rings. The van der Waals surface area contributed by atoms with Crippen LogP contribution in [0.4, 0.5) is 0 Å². The topological polar surface area (TPSA) is 110 Å². The SMILES string of the molecule is Cc1cc(C(C)(C)C)c(C(OP(O)O)(c2c(C(C)(C)C)cc(C)cc2C(C)(C)C)C(CO)(CO)CO)c(C(C)(C)C)c1. The molecule has 42 heavy (non-hydrogen) atoms. The van der Waals surface area contributed by atoms with Crippen LogP contribution < -0.4 is 0 Å². The lowest BCUT2D eigenvalue weighted by atomic mass is 9.56. The van der Waals surface area contributed by atoms with Gasteiger partial charge in [0.1, 0.15) is 5.60 Å². The van der Waals surface area contributed by atoms with Crippen molar-refractivity contribution in [1.29, 1.82) is 0 Å². The van der Waals surface area contributed by atoms with E-state index in [0.29, 0.717) is 11.1 Å². The van der Waals surface area contributed by atoms with Gasteiger partial charge < -0.3 is 25.1 Å². The summed E-state index contributed by atoms with van der Waals surface area (Å²) >= 11 is 0. The second-order valence-electron chi connectivity index (χ2n) is 16.2. The maximum Gasteiger partial charge on any atom is 0.328 e. The van der Waals surface area contributed by atoms with E-state index in [-0.39, 0.29) is 0 Å². The van der Waals surface area contributed by atoms with E-state index in [4.69, 9.17) is 4.52 Å². The van der Waals surface area contributed by atoms with Crippen LogP contribution in [0.3, 0.4) is 0 Å². The molecule has 0 aliphatic carbocycles. The van der Waals surface area contributed by atoms with Gasteiger partial charge in [-0.25, -0.2) is 0 Å². The monoisotopic (exact) mass is 604 g/mol. The molecule has 7 heteroatoms. The van der Waals surface area contributed by atoms with E-state index in [1.165, 1.54) is 0 Å². The minimum Gasteiger partial charge on any atom is -0.395 e. The summed E-state index contributed by atoms with van der Waals surface area (Å²) in [5.74, 6) is 0. The molecular weight excluding hydrogens is 547 g/mol. The van der Waals surface area contributed by atoms with Crippen LogP contribution in [0.5, 0.6) is 0 Å². The normalized spacial score (nSPS) is 14.2. The first-order chi connectivity index (χ1) is 18.8. The molecule has 0 amide bonds. The first kappa shape index (κ1) is 36.8. The predicted molar refractivity (Wildman–Crippen MR) is 174 cm³/mol. The minimum absolute atomic E-state index is 0.468. The highest BCUT2D eigenvalue weighted by molar-refractivity contribution is 7.39. The average molecular weight is 605 g/mol. The van der Waals surface area contributed by atoms with Crippen LogP contribution in [0, 0.1) is 19.3 Å². The van der Waals surface area contributed by atoms with E-state index in [1.807, 2.05) is 13.8 Å². The zero-order valence-electron chi connectivity index (χ0n) is 28.5. The molecule has 0 saturated carbocycles. The van der Waals surface area contributed by atoms with Gasteiger partial charge in [-0.15, -0.1) is 0 Å². The Hall–Kier alpha value is -1.37. The second kappa shape index (κ2) is 12.2. The first-order valence-electron chi connectivity index (χ1n) is 14.9. The number of benzene rings is 2. The summed E-state index contributed by atoms with van der Waals surface area (Å²) in [5, 5.41) is 33.8. The molecule has 2 aromatic carbocycles. The molecule has 0 saturated heterocycles. The summed E-state index contributed by atoms with van der Waals surface area (Å²) in [6.45, 7) is 27.1. The zero-order chi connectivity index (χ0) is 32.9. The second-order valence-corrected chi connectivity index (χ2v) is 16.9. The zero-order valence-corrected chi connectivity index (χ0v) is 29.4. The van der Waals surface area contributed by atoms with Crippen molar-refractivity contribution in [2.75, 3.05) is 19.8 Å². The number of rotatable bonds is 8. The van der Waals surface area contributed by atoms with Crippen LogP contribution in [0.1, 0.15) is 128 Å². The third-order valence-electron chi connectivity index (χ3n) is 8.37. The smallest absolute Gasteiger partial charge is 0.328 e. The summed E-state index contributed by atoms with van der Waals surface area (Å²) in [6, 6.07) is 8.33. The highest BCUT2D eigenvalue weighted by Crippen LogP contribution is 2.61. The Morgan fingerprint density at radius 3 is 0.929 bits per heavy atom. The third kappa shape index (κ3) is 6.81. The fraction of sp³-hybridized carbons (Fsp3) is 0.657. The van der Waals surface area contributed by atoms with Gasteiger partial charge in [-0.05, 0) is 68.9 Å².